The molecule has 2 aromatic carbocycles. The van der Waals surface area contributed by atoms with Gasteiger partial charge in [-0.25, -0.2) is 0 Å². The van der Waals surface area contributed by atoms with E-state index < -0.39 is 11.7 Å². The van der Waals surface area contributed by atoms with Crippen LogP contribution in [0.2, 0.25) is 0 Å². The summed E-state index contributed by atoms with van der Waals surface area (Å²) in [6.07, 6.45) is -0.834. The first kappa shape index (κ1) is 24.6. The minimum atomic E-state index is -4.42. The molecule has 1 saturated heterocycles. The van der Waals surface area contributed by atoms with Gasteiger partial charge in [0, 0.05) is 30.6 Å². The first-order chi connectivity index (χ1) is 16.1. The fourth-order valence-electron chi connectivity index (χ4n) is 5.53. The number of hydrogen-bond acceptors (Lipinski definition) is 3. The molecule has 1 aliphatic heterocycles. The Morgan fingerprint density at radius 2 is 1.88 bits per heavy atom. The lowest BCUT2D eigenvalue weighted by Crippen LogP contribution is -2.40. The Morgan fingerprint density at radius 3 is 2.50 bits per heavy atom. The van der Waals surface area contributed by atoms with Crippen molar-refractivity contribution in [3.63, 3.8) is 0 Å². The normalized spacial score (nSPS) is 24.4. The summed E-state index contributed by atoms with van der Waals surface area (Å²) in [5.74, 6) is 0.639. The van der Waals surface area contributed by atoms with E-state index in [4.69, 9.17) is 4.74 Å². The van der Waals surface area contributed by atoms with Crippen LogP contribution in [0.25, 0.3) is 0 Å². The summed E-state index contributed by atoms with van der Waals surface area (Å²) in [7, 11) is 1.46. The van der Waals surface area contributed by atoms with Gasteiger partial charge >= 0.3 is 6.18 Å². The molecule has 0 spiro atoms. The molecule has 1 heterocycles. The summed E-state index contributed by atoms with van der Waals surface area (Å²) in [6.45, 7) is 5.28. The third-order valence-electron chi connectivity index (χ3n) is 7.30. The van der Waals surface area contributed by atoms with E-state index in [-0.39, 0.29) is 35.9 Å². The van der Waals surface area contributed by atoms with Crippen LogP contribution in [0.1, 0.15) is 62.3 Å². The summed E-state index contributed by atoms with van der Waals surface area (Å²) in [4.78, 5) is 15.5. The van der Waals surface area contributed by atoms with Gasteiger partial charge in [-0.1, -0.05) is 44.2 Å². The number of hydrogen-bond donors (Lipinski definition) is 1. The van der Waals surface area contributed by atoms with E-state index in [0.717, 1.165) is 43.4 Å². The number of alkyl halides is 3. The molecule has 3 unspecified atom stereocenters. The first-order valence-electron chi connectivity index (χ1n) is 11.9. The number of carbonyl (C=O) groups is 1. The molecule has 1 N–H and O–H groups in total. The molecule has 2 fully saturated rings. The standard InChI is InChI=1S/C27H33F3N2O2/c1-26(2)13-11-19(16-26)25(33)32-14-12-22(24(32)18-7-5-4-6-8-18)31-17-20-15-21(27(28,29)30)9-10-23(20)34-3/h4-10,15,19,22,24,31H,11-14,16-17H2,1-3H3. The maximum atomic E-state index is 13.5. The molecule has 1 saturated carbocycles. The first-order valence-corrected chi connectivity index (χ1v) is 11.9. The van der Waals surface area contributed by atoms with E-state index in [1.54, 1.807) is 0 Å². The SMILES string of the molecule is COc1ccc(C(F)(F)F)cc1CNC1CCN(C(=O)C2CCC(C)(C)C2)C1c1ccccc1. The highest BCUT2D eigenvalue weighted by Crippen LogP contribution is 2.44. The Bertz CT molecular complexity index is 1010. The zero-order chi connectivity index (χ0) is 24.5. The summed E-state index contributed by atoms with van der Waals surface area (Å²) in [5.41, 5.74) is 0.974. The Morgan fingerprint density at radius 1 is 1.15 bits per heavy atom. The number of benzene rings is 2. The Balaban J connectivity index is 1.55. The maximum absolute atomic E-state index is 13.5. The second kappa shape index (κ2) is 9.61. The van der Waals surface area contributed by atoms with Crippen molar-refractivity contribution in [2.24, 2.45) is 11.3 Å². The van der Waals surface area contributed by atoms with E-state index in [1.165, 1.54) is 13.2 Å². The Kier molecular flexibility index (Phi) is 6.94. The van der Waals surface area contributed by atoms with E-state index >= 15 is 0 Å². The summed E-state index contributed by atoms with van der Waals surface area (Å²) in [5, 5.41) is 3.45. The van der Waals surface area contributed by atoms with Crippen LogP contribution in [-0.2, 0) is 17.5 Å². The van der Waals surface area contributed by atoms with E-state index in [9.17, 15) is 18.0 Å². The molecule has 0 radical (unpaired) electrons. The van der Waals surface area contributed by atoms with Crippen molar-refractivity contribution >= 4 is 5.91 Å². The van der Waals surface area contributed by atoms with Crippen LogP contribution in [0, 0.1) is 11.3 Å². The van der Waals surface area contributed by atoms with E-state index in [2.05, 4.69) is 19.2 Å². The van der Waals surface area contributed by atoms with Crippen LogP contribution in [0.15, 0.2) is 48.5 Å². The molecule has 34 heavy (non-hydrogen) atoms. The van der Waals surface area contributed by atoms with Gasteiger partial charge in [-0.2, -0.15) is 13.2 Å². The Labute approximate surface area is 199 Å². The van der Waals surface area contributed by atoms with Crippen LogP contribution < -0.4 is 10.1 Å². The van der Waals surface area contributed by atoms with Gasteiger partial charge in [-0.05, 0) is 54.9 Å². The molecule has 2 aliphatic rings. The van der Waals surface area contributed by atoms with Gasteiger partial charge in [0.25, 0.3) is 0 Å². The number of methoxy groups -OCH3 is 1. The van der Waals surface area contributed by atoms with Crippen molar-refractivity contribution in [1.29, 1.82) is 0 Å². The Hall–Kier alpha value is -2.54. The molecule has 0 bridgehead atoms. The van der Waals surface area contributed by atoms with E-state index in [0.29, 0.717) is 17.9 Å². The lowest BCUT2D eigenvalue weighted by atomic mass is 9.90. The van der Waals surface area contributed by atoms with Gasteiger partial charge in [-0.3, -0.25) is 4.79 Å². The number of halogens is 3. The van der Waals surface area contributed by atoms with Crippen LogP contribution in [0.3, 0.4) is 0 Å². The molecule has 4 rings (SSSR count). The van der Waals surface area contributed by atoms with Crippen LogP contribution in [0.4, 0.5) is 13.2 Å². The monoisotopic (exact) mass is 474 g/mol. The molecule has 3 atom stereocenters. The molecule has 0 aromatic heterocycles. The van der Waals surface area contributed by atoms with Gasteiger partial charge in [0.05, 0.1) is 18.7 Å². The minimum absolute atomic E-state index is 0.0310. The smallest absolute Gasteiger partial charge is 0.416 e. The summed E-state index contributed by atoms with van der Waals surface area (Å²) >= 11 is 0. The topological polar surface area (TPSA) is 41.6 Å². The molecule has 2 aromatic rings. The number of ether oxygens (including phenoxy) is 1. The molecule has 1 aliphatic carbocycles. The number of carbonyl (C=O) groups excluding carboxylic acids is 1. The zero-order valence-electron chi connectivity index (χ0n) is 20.0. The number of nitrogens with one attached hydrogen (secondary N) is 1. The predicted molar refractivity (Wildman–Crippen MR) is 125 cm³/mol. The number of likely N-dealkylation sites (tertiary alicyclic amines) is 1. The lowest BCUT2D eigenvalue weighted by molar-refractivity contribution is -0.138. The third kappa shape index (κ3) is 5.24. The number of nitrogens with zero attached hydrogens (tertiary/aromatic N) is 1. The van der Waals surface area contributed by atoms with Gasteiger partial charge in [0.15, 0.2) is 0 Å². The molecule has 4 nitrogen and oxygen atoms in total. The largest absolute Gasteiger partial charge is 0.496 e. The van der Waals surface area contributed by atoms with Crippen LogP contribution in [-0.4, -0.2) is 30.5 Å². The van der Waals surface area contributed by atoms with Crippen molar-refractivity contribution < 1.29 is 22.7 Å². The highest BCUT2D eigenvalue weighted by Gasteiger charge is 2.43. The van der Waals surface area contributed by atoms with Crippen LogP contribution >= 0.6 is 0 Å². The molecule has 1 amide bonds. The van der Waals surface area contributed by atoms with Gasteiger partial charge in [0.2, 0.25) is 5.91 Å². The van der Waals surface area contributed by atoms with Crippen molar-refractivity contribution in [2.75, 3.05) is 13.7 Å². The summed E-state index contributed by atoms with van der Waals surface area (Å²) < 4.78 is 45.1. The second-order valence-electron chi connectivity index (χ2n) is 10.3. The molecular formula is C27H33F3N2O2. The maximum Gasteiger partial charge on any atom is 0.416 e. The molecule has 7 heteroatoms. The van der Waals surface area contributed by atoms with Crippen molar-refractivity contribution in [1.82, 2.24) is 10.2 Å². The predicted octanol–water partition coefficient (Wildman–Crippen LogP) is 5.97. The summed E-state index contributed by atoms with van der Waals surface area (Å²) in [6, 6.07) is 13.2. The lowest BCUT2D eigenvalue weighted by Gasteiger charge is -2.31. The minimum Gasteiger partial charge on any atom is -0.496 e. The van der Waals surface area contributed by atoms with Gasteiger partial charge in [-0.15, -0.1) is 0 Å². The molecule has 184 valence electrons. The third-order valence-corrected chi connectivity index (χ3v) is 7.30. The quantitative estimate of drug-likeness (QED) is 0.561. The van der Waals surface area contributed by atoms with Gasteiger partial charge in [0.1, 0.15) is 5.75 Å². The fourth-order valence-corrected chi connectivity index (χ4v) is 5.53. The van der Waals surface area contributed by atoms with Crippen molar-refractivity contribution in [3.05, 3.63) is 65.2 Å². The molecular weight excluding hydrogens is 441 g/mol. The highest BCUT2D eigenvalue weighted by atomic mass is 19.4. The zero-order valence-corrected chi connectivity index (χ0v) is 20.0. The average molecular weight is 475 g/mol. The van der Waals surface area contributed by atoms with Crippen molar-refractivity contribution in [3.8, 4) is 5.75 Å². The highest BCUT2D eigenvalue weighted by molar-refractivity contribution is 5.80. The number of rotatable bonds is 6. The van der Waals surface area contributed by atoms with Crippen molar-refractivity contribution in [2.45, 2.75) is 64.3 Å². The van der Waals surface area contributed by atoms with E-state index in [1.807, 2.05) is 35.2 Å². The second-order valence-corrected chi connectivity index (χ2v) is 10.3. The number of amides is 1. The fraction of sp³-hybridized carbons (Fsp3) is 0.519. The average Bonchev–Trinajstić information content (AvgIpc) is 3.39. The van der Waals surface area contributed by atoms with Gasteiger partial charge < -0.3 is 15.0 Å². The van der Waals surface area contributed by atoms with Crippen LogP contribution in [0.5, 0.6) is 5.75 Å².